The molecule has 3 N–H and O–H groups in total. The number of aliphatic hydroxyl groups excluding tert-OH is 1. The van der Waals surface area contributed by atoms with Gasteiger partial charge in [0.2, 0.25) is 0 Å². The van der Waals surface area contributed by atoms with Crippen LogP contribution in [0, 0.1) is 5.92 Å². The van der Waals surface area contributed by atoms with Crippen molar-refractivity contribution in [2.75, 3.05) is 0 Å². The van der Waals surface area contributed by atoms with E-state index in [1.165, 1.54) is 0 Å². The van der Waals surface area contributed by atoms with E-state index in [-0.39, 0.29) is 12.1 Å². The Balaban J connectivity index is 2.00. The topological polar surface area (TPSA) is 55.5 Å². The van der Waals surface area contributed by atoms with E-state index in [1.54, 1.807) is 12.1 Å². The summed E-state index contributed by atoms with van der Waals surface area (Å²) in [5, 5.41) is 9.81. The fourth-order valence-corrected chi connectivity index (χ4v) is 3.12. The molecule has 0 spiro atoms. The minimum Gasteiger partial charge on any atom is -0.367 e. The van der Waals surface area contributed by atoms with Gasteiger partial charge in [-0.1, -0.05) is 18.6 Å². The van der Waals surface area contributed by atoms with E-state index in [1.807, 2.05) is 6.92 Å². The second-order valence-corrected chi connectivity index (χ2v) is 6.43. The lowest BCUT2D eigenvalue weighted by Gasteiger charge is -2.23. The maximum atomic E-state index is 12.6. The molecule has 0 bridgehead atoms. The average molecular weight is 331 g/mol. The molecule has 6 heteroatoms. The number of ether oxygens (including phenoxy) is 1. The number of alkyl halides is 3. The number of aliphatic hydroxyl groups is 1. The van der Waals surface area contributed by atoms with E-state index in [0.29, 0.717) is 18.8 Å². The maximum absolute atomic E-state index is 12.6. The Labute approximate surface area is 134 Å². The predicted molar refractivity (Wildman–Crippen MR) is 81.6 cm³/mol. The smallest absolute Gasteiger partial charge is 0.367 e. The van der Waals surface area contributed by atoms with Crippen LogP contribution in [-0.2, 0) is 17.3 Å². The molecule has 0 aliphatic carbocycles. The predicted octanol–water partition coefficient (Wildman–Crippen LogP) is 3.49. The summed E-state index contributed by atoms with van der Waals surface area (Å²) in [6.45, 7) is 1.89. The van der Waals surface area contributed by atoms with Gasteiger partial charge in [-0.05, 0) is 56.2 Å². The first kappa shape index (κ1) is 18.2. The summed E-state index contributed by atoms with van der Waals surface area (Å²) in [6, 6.07) is 4.96. The molecule has 2 rings (SSSR count). The second kappa shape index (κ2) is 7.64. The molecule has 0 aromatic heterocycles. The highest BCUT2D eigenvalue weighted by molar-refractivity contribution is 5.24. The largest absolute Gasteiger partial charge is 0.416 e. The molecule has 0 amide bonds. The molecule has 1 aliphatic rings. The van der Waals surface area contributed by atoms with Crippen molar-refractivity contribution >= 4 is 0 Å². The van der Waals surface area contributed by atoms with Gasteiger partial charge < -0.3 is 15.6 Å². The Hall–Kier alpha value is -1.11. The molecule has 1 aliphatic heterocycles. The van der Waals surface area contributed by atoms with Gasteiger partial charge in [-0.3, -0.25) is 0 Å². The SMILES string of the molecule is C[C@H]1C[C@@H](Cc2ccc(C(F)(F)F)cc2)CCC[C@H](N)C(O)O1. The van der Waals surface area contributed by atoms with E-state index in [0.717, 1.165) is 37.0 Å². The van der Waals surface area contributed by atoms with Gasteiger partial charge in [0.15, 0.2) is 6.29 Å². The lowest BCUT2D eigenvalue weighted by Crippen LogP contribution is -2.38. The van der Waals surface area contributed by atoms with E-state index in [2.05, 4.69) is 0 Å². The Bertz CT molecular complexity index is 490. The average Bonchev–Trinajstić information content (AvgIpc) is 2.50. The highest BCUT2D eigenvalue weighted by atomic mass is 19.4. The second-order valence-electron chi connectivity index (χ2n) is 6.43. The van der Waals surface area contributed by atoms with Gasteiger partial charge in [-0.15, -0.1) is 0 Å². The summed E-state index contributed by atoms with van der Waals surface area (Å²) >= 11 is 0. The van der Waals surface area contributed by atoms with E-state index >= 15 is 0 Å². The van der Waals surface area contributed by atoms with Crippen molar-refractivity contribution in [3.05, 3.63) is 35.4 Å². The molecule has 1 heterocycles. The van der Waals surface area contributed by atoms with Crippen molar-refractivity contribution in [3.63, 3.8) is 0 Å². The summed E-state index contributed by atoms with van der Waals surface area (Å²) in [6.07, 6.45) is -1.44. The fraction of sp³-hybridized carbons (Fsp3) is 0.647. The Kier molecular flexibility index (Phi) is 6.06. The van der Waals surface area contributed by atoms with Crippen molar-refractivity contribution in [3.8, 4) is 0 Å². The van der Waals surface area contributed by atoms with E-state index in [4.69, 9.17) is 10.5 Å². The highest BCUT2D eigenvalue weighted by Gasteiger charge is 2.30. The normalized spacial score (nSPS) is 30.3. The minimum absolute atomic E-state index is 0.131. The van der Waals surface area contributed by atoms with Gasteiger partial charge in [0, 0.05) is 0 Å². The summed E-state index contributed by atoms with van der Waals surface area (Å²) in [7, 11) is 0. The minimum atomic E-state index is -4.30. The molecule has 4 atom stereocenters. The molecule has 1 fully saturated rings. The van der Waals surface area contributed by atoms with Gasteiger partial charge in [-0.25, -0.2) is 0 Å². The third-order valence-electron chi connectivity index (χ3n) is 4.36. The Morgan fingerprint density at radius 3 is 2.48 bits per heavy atom. The number of rotatable bonds is 2. The molecule has 1 unspecified atom stereocenters. The molecular weight excluding hydrogens is 307 g/mol. The van der Waals surface area contributed by atoms with Crippen LogP contribution in [0.4, 0.5) is 13.2 Å². The zero-order valence-corrected chi connectivity index (χ0v) is 13.2. The van der Waals surface area contributed by atoms with E-state index < -0.39 is 18.0 Å². The lowest BCUT2D eigenvalue weighted by molar-refractivity contribution is -0.145. The molecule has 1 saturated heterocycles. The van der Waals surface area contributed by atoms with Crippen molar-refractivity contribution in [2.45, 2.75) is 63.6 Å². The number of hydrogen-bond donors (Lipinski definition) is 2. The number of hydrogen-bond acceptors (Lipinski definition) is 3. The Morgan fingerprint density at radius 2 is 1.87 bits per heavy atom. The van der Waals surface area contributed by atoms with Gasteiger partial charge in [-0.2, -0.15) is 13.2 Å². The van der Waals surface area contributed by atoms with Gasteiger partial charge in [0.05, 0.1) is 17.7 Å². The van der Waals surface area contributed by atoms with Crippen LogP contribution in [0.25, 0.3) is 0 Å². The first-order chi connectivity index (χ1) is 10.8. The summed E-state index contributed by atoms with van der Waals surface area (Å²) in [5.74, 6) is 0.305. The molecule has 0 radical (unpaired) electrons. The van der Waals surface area contributed by atoms with E-state index in [9.17, 15) is 18.3 Å². The maximum Gasteiger partial charge on any atom is 0.416 e. The van der Waals surface area contributed by atoms with Crippen LogP contribution in [0.1, 0.15) is 43.7 Å². The monoisotopic (exact) mass is 331 g/mol. The highest BCUT2D eigenvalue weighted by Crippen LogP contribution is 2.30. The van der Waals surface area contributed by atoms with Crippen molar-refractivity contribution < 1.29 is 23.0 Å². The van der Waals surface area contributed by atoms with Gasteiger partial charge >= 0.3 is 6.18 Å². The van der Waals surface area contributed by atoms with Crippen LogP contribution in [0.2, 0.25) is 0 Å². The third-order valence-corrected chi connectivity index (χ3v) is 4.36. The summed E-state index contributed by atoms with van der Waals surface area (Å²) in [5.41, 5.74) is 6.12. The molecular formula is C17H24F3NO2. The van der Waals surface area contributed by atoms with Crippen LogP contribution in [0.15, 0.2) is 24.3 Å². The van der Waals surface area contributed by atoms with Crippen LogP contribution in [0.3, 0.4) is 0 Å². The molecule has 130 valence electrons. The fourth-order valence-electron chi connectivity index (χ4n) is 3.12. The van der Waals surface area contributed by atoms with Gasteiger partial charge in [0.25, 0.3) is 0 Å². The van der Waals surface area contributed by atoms with Crippen LogP contribution >= 0.6 is 0 Å². The Morgan fingerprint density at radius 1 is 1.22 bits per heavy atom. The van der Waals surface area contributed by atoms with Crippen LogP contribution < -0.4 is 5.73 Å². The third kappa shape index (κ3) is 5.48. The van der Waals surface area contributed by atoms with Crippen molar-refractivity contribution in [2.24, 2.45) is 11.7 Å². The first-order valence-electron chi connectivity index (χ1n) is 8.01. The number of halogens is 3. The van der Waals surface area contributed by atoms with Crippen molar-refractivity contribution in [1.82, 2.24) is 0 Å². The summed E-state index contributed by atoms with van der Waals surface area (Å²) < 4.78 is 43.3. The molecule has 3 nitrogen and oxygen atoms in total. The molecule has 23 heavy (non-hydrogen) atoms. The molecule has 1 aromatic rings. The number of nitrogens with two attached hydrogens (primary N) is 1. The standard InChI is InChI=1S/C17H24F3NO2/c1-11-9-13(3-2-4-15(21)16(22)23-11)10-12-5-7-14(8-6-12)17(18,19)20/h5-8,11,13,15-16,22H,2-4,9-10,21H2,1H3/t11-,13-,15-,16?/m0/s1. The molecule has 1 aromatic carbocycles. The van der Waals surface area contributed by atoms with Crippen molar-refractivity contribution in [1.29, 1.82) is 0 Å². The van der Waals surface area contributed by atoms with Gasteiger partial charge in [0.1, 0.15) is 0 Å². The zero-order valence-electron chi connectivity index (χ0n) is 13.2. The quantitative estimate of drug-likeness (QED) is 0.872. The van der Waals surface area contributed by atoms with Crippen LogP contribution in [0.5, 0.6) is 0 Å². The molecule has 0 saturated carbocycles. The first-order valence-corrected chi connectivity index (χ1v) is 8.01. The summed E-state index contributed by atoms with van der Waals surface area (Å²) in [4.78, 5) is 0. The zero-order chi connectivity index (χ0) is 17.0. The lowest BCUT2D eigenvalue weighted by atomic mass is 9.89. The van der Waals surface area contributed by atoms with Crippen LogP contribution in [-0.4, -0.2) is 23.5 Å². The number of benzene rings is 1.